The highest BCUT2D eigenvalue weighted by Gasteiger charge is 2.30. The van der Waals surface area contributed by atoms with Gasteiger partial charge in [0.2, 0.25) is 35.4 Å². The normalized spacial score (nSPS) is 25.2. The molecule has 1 aliphatic carbocycles. The van der Waals surface area contributed by atoms with E-state index in [1.165, 1.54) is 12.3 Å². The molecule has 7 N–H and O–H groups in total. The SMILES string of the molecule is NC(=O)[C@@H]1CCCCNC(=O)/C=C/C(=O)N[C@H]2CC[C@H](CC2)C(=O)N[C@@H](Cc2ccco2)C(=O)NCc2ccccc2CC(=O)N1. The molecule has 3 aliphatic rings. The summed E-state index contributed by atoms with van der Waals surface area (Å²) in [6, 6.07) is 8.65. The predicted molar refractivity (Wildman–Crippen MR) is 167 cm³/mol. The molecule has 1 fully saturated rings. The van der Waals surface area contributed by atoms with Crippen LogP contribution in [-0.4, -0.2) is 60.1 Å². The molecule has 1 saturated carbocycles. The summed E-state index contributed by atoms with van der Waals surface area (Å²) in [6.07, 6.45) is 7.49. The van der Waals surface area contributed by atoms with E-state index in [0.29, 0.717) is 62.0 Å². The maximum absolute atomic E-state index is 13.4. The zero-order valence-corrected chi connectivity index (χ0v) is 25.7. The van der Waals surface area contributed by atoms with E-state index >= 15 is 0 Å². The van der Waals surface area contributed by atoms with Crippen LogP contribution in [0.3, 0.4) is 0 Å². The fourth-order valence-electron chi connectivity index (χ4n) is 5.69. The Morgan fingerprint density at radius 3 is 2.24 bits per heavy atom. The molecule has 246 valence electrons. The van der Waals surface area contributed by atoms with Crippen LogP contribution in [0.25, 0.3) is 0 Å². The van der Waals surface area contributed by atoms with Crippen molar-refractivity contribution in [1.82, 2.24) is 26.6 Å². The van der Waals surface area contributed by atoms with E-state index in [9.17, 15) is 28.8 Å². The summed E-state index contributed by atoms with van der Waals surface area (Å²) in [6.45, 7) is 0.425. The van der Waals surface area contributed by atoms with Gasteiger partial charge < -0.3 is 36.7 Å². The van der Waals surface area contributed by atoms with Gasteiger partial charge in [0.05, 0.1) is 12.7 Å². The largest absolute Gasteiger partial charge is 0.469 e. The summed E-state index contributed by atoms with van der Waals surface area (Å²) in [5.74, 6) is -2.36. The Bertz CT molecular complexity index is 1420. The third kappa shape index (κ3) is 10.6. The summed E-state index contributed by atoms with van der Waals surface area (Å²) in [5, 5.41) is 14.1. The number of amides is 6. The first-order valence-corrected chi connectivity index (χ1v) is 15.7. The van der Waals surface area contributed by atoms with Crippen LogP contribution >= 0.6 is 0 Å². The van der Waals surface area contributed by atoms with E-state index in [-0.39, 0.29) is 43.7 Å². The maximum atomic E-state index is 13.4. The molecular formula is C33H42N6O7. The predicted octanol–water partition coefficient (Wildman–Crippen LogP) is 0.667. The first-order chi connectivity index (χ1) is 22.2. The van der Waals surface area contributed by atoms with Crippen LogP contribution in [-0.2, 0) is 48.2 Å². The van der Waals surface area contributed by atoms with Crippen LogP contribution in [0.1, 0.15) is 61.8 Å². The highest BCUT2D eigenvalue weighted by molar-refractivity contribution is 5.96. The molecule has 2 bridgehead atoms. The number of furan rings is 1. The molecule has 0 saturated heterocycles. The minimum atomic E-state index is -0.905. The van der Waals surface area contributed by atoms with E-state index in [0.717, 1.165) is 6.08 Å². The highest BCUT2D eigenvalue weighted by Crippen LogP contribution is 2.25. The minimum absolute atomic E-state index is 0.0406. The third-order valence-corrected chi connectivity index (χ3v) is 8.27. The third-order valence-electron chi connectivity index (χ3n) is 8.27. The Hall–Kier alpha value is -4.94. The van der Waals surface area contributed by atoms with Crippen molar-refractivity contribution in [2.75, 3.05) is 6.54 Å². The van der Waals surface area contributed by atoms with Crippen LogP contribution < -0.4 is 32.3 Å². The second kappa shape index (κ2) is 16.9. The van der Waals surface area contributed by atoms with E-state index in [1.807, 2.05) is 0 Å². The van der Waals surface area contributed by atoms with Gasteiger partial charge in [-0.15, -0.1) is 0 Å². The van der Waals surface area contributed by atoms with E-state index in [4.69, 9.17) is 10.2 Å². The number of benzene rings is 1. The molecule has 2 atom stereocenters. The molecule has 0 spiro atoms. The monoisotopic (exact) mass is 634 g/mol. The van der Waals surface area contributed by atoms with Crippen LogP contribution in [0.15, 0.2) is 59.2 Å². The summed E-state index contributed by atoms with van der Waals surface area (Å²) >= 11 is 0. The number of carbonyl (C=O) groups excluding carboxylic acids is 6. The van der Waals surface area contributed by atoms with Crippen molar-refractivity contribution >= 4 is 35.4 Å². The number of hydrogen-bond acceptors (Lipinski definition) is 7. The second-order valence-corrected chi connectivity index (χ2v) is 11.7. The van der Waals surface area contributed by atoms with Crippen molar-refractivity contribution < 1.29 is 33.2 Å². The van der Waals surface area contributed by atoms with Gasteiger partial charge in [-0.3, -0.25) is 28.8 Å². The van der Waals surface area contributed by atoms with Gasteiger partial charge in [0.25, 0.3) is 0 Å². The molecule has 2 aliphatic heterocycles. The van der Waals surface area contributed by atoms with Gasteiger partial charge in [0.1, 0.15) is 17.8 Å². The molecular weight excluding hydrogens is 592 g/mol. The highest BCUT2D eigenvalue weighted by atomic mass is 16.3. The summed E-state index contributed by atoms with van der Waals surface area (Å²) in [5.41, 5.74) is 6.91. The number of hydrogen-bond donors (Lipinski definition) is 6. The van der Waals surface area contributed by atoms with Gasteiger partial charge in [-0.2, -0.15) is 0 Å². The van der Waals surface area contributed by atoms with Crippen molar-refractivity contribution in [2.45, 2.75) is 82.5 Å². The summed E-state index contributed by atoms with van der Waals surface area (Å²) in [4.78, 5) is 76.2. The zero-order chi connectivity index (χ0) is 32.9. The second-order valence-electron chi connectivity index (χ2n) is 11.7. The van der Waals surface area contributed by atoms with Crippen LogP contribution in [0.5, 0.6) is 0 Å². The molecule has 13 nitrogen and oxygen atoms in total. The number of nitrogens with one attached hydrogen (secondary N) is 5. The average Bonchev–Trinajstić information content (AvgIpc) is 3.55. The smallest absolute Gasteiger partial charge is 0.244 e. The van der Waals surface area contributed by atoms with Gasteiger partial charge in [0, 0.05) is 43.6 Å². The van der Waals surface area contributed by atoms with Gasteiger partial charge in [-0.05, 0) is 68.2 Å². The van der Waals surface area contributed by atoms with Gasteiger partial charge in [0.15, 0.2) is 0 Å². The van der Waals surface area contributed by atoms with Gasteiger partial charge >= 0.3 is 0 Å². The minimum Gasteiger partial charge on any atom is -0.469 e. The number of rotatable bonds is 3. The molecule has 1 aromatic heterocycles. The fourth-order valence-corrected chi connectivity index (χ4v) is 5.69. The van der Waals surface area contributed by atoms with E-state index in [2.05, 4.69) is 26.6 Å². The standard InChI is InChI=1S/C33H42N6O7/c34-31(43)26-9-3-4-16-35-28(40)14-15-29(41)37-24-12-10-21(11-13-24)32(44)39-27(19-25-8-5-17-46-25)33(45)36-20-23-7-2-1-6-22(23)18-30(42)38-26/h1-2,5-8,14-15,17,21,24,26-27H,3-4,9-13,16,18-20H2,(H2,34,43)(H,35,40)(H,36,45)(H,37,41)(H,38,42)(H,39,44)/b15-14+/t21-,24+,26-,27-/m0/s1. The Kier molecular flexibility index (Phi) is 12.5. The number of primary amides is 1. The van der Waals surface area contributed by atoms with Crippen LogP contribution in [0.2, 0.25) is 0 Å². The first kappa shape index (κ1) is 33.9. The number of fused-ring (bicyclic) bond motifs is 19. The Morgan fingerprint density at radius 1 is 0.783 bits per heavy atom. The quantitative estimate of drug-likeness (QED) is 0.285. The molecule has 1 aromatic carbocycles. The lowest BCUT2D eigenvalue weighted by Gasteiger charge is -2.29. The van der Waals surface area contributed by atoms with E-state index in [1.54, 1.807) is 36.4 Å². The van der Waals surface area contributed by atoms with Crippen molar-refractivity contribution in [2.24, 2.45) is 11.7 Å². The van der Waals surface area contributed by atoms with Crippen molar-refractivity contribution in [3.63, 3.8) is 0 Å². The summed E-state index contributed by atoms with van der Waals surface area (Å²) in [7, 11) is 0. The number of carbonyl (C=O) groups is 6. The van der Waals surface area contributed by atoms with Crippen molar-refractivity contribution in [3.05, 3.63) is 71.7 Å². The fraction of sp³-hybridized carbons (Fsp3) is 0.455. The lowest BCUT2D eigenvalue weighted by molar-refractivity contribution is -0.132. The Balaban J connectivity index is 1.49. The van der Waals surface area contributed by atoms with Crippen molar-refractivity contribution in [3.8, 4) is 0 Å². The van der Waals surface area contributed by atoms with Gasteiger partial charge in [-0.1, -0.05) is 24.3 Å². The summed E-state index contributed by atoms with van der Waals surface area (Å²) < 4.78 is 5.45. The Labute approximate surface area is 267 Å². The topological polar surface area (TPSA) is 202 Å². The van der Waals surface area contributed by atoms with Crippen LogP contribution in [0.4, 0.5) is 0 Å². The zero-order valence-electron chi connectivity index (χ0n) is 25.7. The molecule has 0 radical (unpaired) electrons. The molecule has 6 amide bonds. The first-order valence-electron chi connectivity index (χ1n) is 15.7. The number of nitrogens with two attached hydrogens (primary N) is 1. The lowest BCUT2D eigenvalue weighted by atomic mass is 9.85. The van der Waals surface area contributed by atoms with E-state index < -0.39 is 41.6 Å². The molecule has 3 heterocycles. The molecule has 2 aromatic rings. The molecule has 5 rings (SSSR count). The molecule has 13 heteroatoms. The van der Waals surface area contributed by atoms with Gasteiger partial charge in [-0.25, -0.2) is 0 Å². The average molecular weight is 635 g/mol. The molecule has 0 unspecified atom stereocenters. The lowest BCUT2D eigenvalue weighted by Crippen LogP contribution is -2.50. The maximum Gasteiger partial charge on any atom is 0.244 e. The Morgan fingerprint density at radius 2 is 1.52 bits per heavy atom. The van der Waals surface area contributed by atoms with Crippen molar-refractivity contribution in [1.29, 1.82) is 0 Å². The molecule has 46 heavy (non-hydrogen) atoms. The van der Waals surface area contributed by atoms with Crippen LogP contribution in [0, 0.1) is 5.92 Å².